The Kier molecular flexibility index (Phi) is 5.81. The molecule has 0 aromatic carbocycles. The summed E-state index contributed by atoms with van der Waals surface area (Å²) < 4.78 is 0. The Labute approximate surface area is 117 Å². The van der Waals surface area contributed by atoms with Gasteiger partial charge in [0.15, 0.2) is 0 Å². The Balaban J connectivity index is 2.55. The van der Waals surface area contributed by atoms with Crippen LogP contribution >= 0.6 is 0 Å². The first kappa shape index (κ1) is 16.4. The van der Waals surface area contributed by atoms with E-state index >= 15 is 0 Å². The molecule has 1 saturated carbocycles. The molecule has 0 saturated heterocycles. The quantitative estimate of drug-likeness (QED) is 0.675. The minimum Gasteiger partial charge on any atom is -0.480 e. The lowest BCUT2D eigenvalue weighted by atomic mass is 9.96. The van der Waals surface area contributed by atoms with Crippen LogP contribution in [0.2, 0.25) is 0 Å². The summed E-state index contributed by atoms with van der Waals surface area (Å²) in [6, 6.07) is 0.875. The van der Waals surface area contributed by atoms with Crippen LogP contribution in [-0.2, 0) is 4.79 Å². The van der Waals surface area contributed by atoms with Gasteiger partial charge in [-0.3, -0.25) is 10.1 Å². The average molecular weight is 270 g/mol. The van der Waals surface area contributed by atoms with Gasteiger partial charge in [0.25, 0.3) is 0 Å². The average Bonchev–Trinajstić information content (AvgIpc) is 3.06. The zero-order chi connectivity index (χ0) is 14.6. The van der Waals surface area contributed by atoms with E-state index in [0.717, 1.165) is 13.1 Å². The predicted octanol–water partition coefficient (Wildman–Crippen LogP) is 2.34. The fourth-order valence-electron chi connectivity index (χ4n) is 2.58. The molecule has 0 radical (unpaired) electrons. The Morgan fingerprint density at radius 2 is 1.95 bits per heavy atom. The molecule has 0 amide bonds. The van der Waals surface area contributed by atoms with Crippen molar-refractivity contribution in [2.45, 2.75) is 71.5 Å². The summed E-state index contributed by atoms with van der Waals surface area (Å²) in [6.45, 7) is 12.2. The van der Waals surface area contributed by atoms with Crippen molar-refractivity contribution in [1.82, 2.24) is 10.2 Å². The van der Waals surface area contributed by atoms with Gasteiger partial charge in [0.05, 0.1) is 0 Å². The number of carboxylic acids is 1. The molecule has 0 heterocycles. The second kappa shape index (κ2) is 6.71. The number of hydrogen-bond donors (Lipinski definition) is 2. The number of nitrogens with zero attached hydrogens (tertiary/aromatic N) is 1. The third-order valence-electron chi connectivity index (χ3n) is 3.64. The van der Waals surface area contributed by atoms with Crippen molar-refractivity contribution >= 4 is 5.97 Å². The summed E-state index contributed by atoms with van der Waals surface area (Å²) in [7, 11) is 0. The van der Waals surface area contributed by atoms with Crippen LogP contribution in [0.3, 0.4) is 0 Å². The summed E-state index contributed by atoms with van der Waals surface area (Å²) in [5.41, 5.74) is -0.821. The lowest BCUT2D eigenvalue weighted by Crippen LogP contribution is -2.54. The number of aliphatic carboxylic acids is 1. The monoisotopic (exact) mass is 270 g/mol. The van der Waals surface area contributed by atoms with Gasteiger partial charge >= 0.3 is 5.97 Å². The smallest absolute Gasteiger partial charge is 0.323 e. The third-order valence-corrected chi connectivity index (χ3v) is 3.64. The molecule has 19 heavy (non-hydrogen) atoms. The van der Waals surface area contributed by atoms with Crippen molar-refractivity contribution in [2.75, 3.05) is 13.1 Å². The van der Waals surface area contributed by atoms with Crippen LogP contribution in [0.1, 0.15) is 53.9 Å². The van der Waals surface area contributed by atoms with Crippen molar-refractivity contribution in [3.8, 4) is 0 Å². The van der Waals surface area contributed by atoms with E-state index in [9.17, 15) is 9.90 Å². The Hall–Kier alpha value is -0.610. The maximum absolute atomic E-state index is 11.5. The second-order valence-electron chi connectivity index (χ2n) is 6.81. The van der Waals surface area contributed by atoms with Crippen LogP contribution in [0.15, 0.2) is 0 Å². The van der Waals surface area contributed by atoms with Gasteiger partial charge in [0.2, 0.25) is 0 Å². The summed E-state index contributed by atoms with van der Waals surface area (Å²) in [4.78, 5) is 14.0. The summed E-state index contributed by atoms with van der Waals surface area (Å²) in [5.74, 6) is -0.115. The Morgan fingerprint density at radius 3 is 2.32 bits per heavy atom. The molecule has 0 aromatic heterocycles. The lowest BCUT2D eigenvalue weighted by Gasteiger charge is -2.32. The minimum atomic E-state index is -0.821. The van der Waals surface area contributed by atoms with Crippen LogP contribution in [-0.4, -0.2) is 46.7 Å². The molecule has 1 unspecified atom stereocenters. The first-order chi connectivity index (χ1) is 8.74. The molecule has 0 aromatic rings. The molecular weight excluding hydrogens is 240 g/mol. The molecule has 0 aliphatic heterocycles. The summed E-state index contributed by atoms with van der Waals surface area (Å²) in [5, 5.41) is 12.6. The largest absolute Gasteiger partial charge is 0.480 e. The normalized spacial score (nSPS) is 19.2. The van der Waals surface area contributed by atoms with E-state index in [1.807, 2.05) is 13.8 Å². The highest BCUT2D eigenvalue weighted by Crippen LogP contribution is 2.28. The summed E-state index contributed by atoms with van der Waals surface area (Å²) >= 11 is 0. The van der Waals surface area contributed by atoms with Gasteiger partial charge in [-0.25, -0.2) is 0 Å². The number of carboxylic acid groups (broad SMARTS) is 1. The molecule has 0 bridgehead atoms. The first-order valence-corrected chi connectivity index (χ1v) is 7.49. The Bertz CT molecular complexity index is 301. The second-order valence-corrected chi connectivity index (χ2v) is 6.81. The van der Waals surface area contributed by atoms with Gasteiger partial charge in [-0.2, -0.15) is 0 Å². The van der Waals surface area contributed by atoms with Crippen molar-refractivity contribution in [2.24, 2.45) is 5.92 Å². The SMILES string of the molecule is CC(C)CN(CCC(C)(NC(C)C)C(=O)O)C1CC1. The number of nitrogens with one attached hydrogen (secondary N) is 1. The van der Waals surface area contributed by atoms with Crippen LogP contribution < -0.4 is 5.32 Å². The fraction of sp³-hybridized carbons (Fsp3) is 0.933. The van der Waals surface area contributed by atoms with E-state index in [4.69, 9.17) is 0 Å². The standard InChI is InChI=1S/C15H30N2O2/c1-11(2)10-17(13-6-7-13)9-8-15(5,14(18)19)16-12(3)4/h11-13,16H,6-10H2,1-5H3,(H,18,19). The zero-order valence-corrected chi connectivity index (χ0v) is 13.1. The fourth-order valence-corrected chi connectivity index (χ4v) is 2.58. The van der Waals surface area contributed by atoms with E-state index in [1.54, 1.807) is 6.92 Å². The van der Waals surface area contributed by atoms with Gasteiger partial charge in [-0.15, -0.1) is 0 Å². The van der Waals surface area contributed by atoms with Gasteiger partial charge in [-0.1, -0.05) is 13.8 Å². The number of carbonyl (C=O) groups is 1. The van der Waals surface area contributed by atoms with Crippen molar-refractivity contribution < 1.29 is 9.90 Å². The minimum absolute atomic E-state index is 0.181. The van der Waals surface area contributed by atoms with E-state index in [-0.39, 0.29) is 6.04 Å². The molecule has 4 heteroatoms. The molecule has 4 nitrogen and oxygen atoms in total. The molecule has 1 rings (SSSR count). The molecule has 2 N–H and O–H groups in total. The van der Waals surface area contributed by atoms with Gasteiger partial charge in [0, 0.05) is 25.2 Å². The van der Waals surface area contributed by atoms with Gasteiger partial charge in [-0.05, 0) is 46.0 Å². The molecule has 112 valence electrons. The molecule has 1 fully saturated rings. The molecule has 1 atom stereocenters. The van der Waals surface area contributed by atoms with Gasteiger partial charge < -0.3 is 10.0 Å². The van der Waals surface area contributed by atoms with Crippen molar-refractivity contribution in [3.63, 3.8) is 0 Å². The first-order valence-electron chi connectivity index (χ1n) is 7.49. The van der Waals surface area contributed by atoms with Crippen molar-refractivity contribution in [3.05, 3.63) is 0 Å². The van der Waals surface area contributed by atoms with E-state index in [1.165, 1.54) is 12.8 Å². The van der Waals surface area contributed by atoms with Crippen LogP contribution in [0.5, 0.6) is 0 Å². The van der Waals surface area contributed by atoms with E-state index in [0.29, 0.717) is 18.4 Å². The van der Waals surface area contributed by atoms with E-state index < -0.39 is 11.5 Å². The lowest BCUT2D eigenvalue weighted by molar-refractivity contribution is -0.145. The van der Waals surface area contributed by atoms with Crippen LogP contribution in [0.25, 0.3) is 0 Å². The Morgan fingerprint density at radius 1 is 1.37 bits per heavy atom. The highest BCUT2D eigenvalue weighted by Gasteiger charge is 2.36. The van der Waals surface area contributed by atoms with Crippen LogP contribution in [0, 0.1) is 5.92 Å². The maximum Gasteiger partial charge on any atom is 0.323 e. The maximum atomic E-state index is 11.5. The van der Waals surface area contributed by atoms with E-state index in [2.05, 4.69) is 24.1 Å². The molecule has 0 spiro atoms. The molecule has 1 aliphatic carbocycles. The zero-order valence-electron chi connectivity index (χ0n) is 13.1. The van der Waals surface area contributed by atoms with Crippen LogP contribution in [0.4, 0.5) is 0 Å². The molecular formula is C15H30N2O2. The van der Waals surface area contributed by atoms with Gasteiger partial charge in [0.1, 0.15) is 5.54 Å². The third kappa shape index (κ3) is 5.49. The summed E-state index contributed by atoms with van der Waals surface area (Å²) in [6.07, 6.45) is 3.20. The predicted molar refractivity (Wildman–Crippen MR) is 78.4 cm³/mol. The number of rotatable bonds is 9. The highest BCUT2D eigenvalue weighted by molar-refractivity contribution is 5.78. The molecule has 1 aliphatic rings. The number of hydrogen-bond acceptors (Lipinski definition) is 3. The highest BCUT2D eigenvalue weighted by atomic mass is 16.4. The topological polar surface area (TPSA) is 52.6 Å². The van der Waals surface area contributed by atoms with Crippen molar-refractivity contribution in [1.29, 1.82) is 0 Å².